The quantitative estimate of drug-likeness (QED) is 0.472. The normalized spacial score (nSPS) is 11.3. The first kappa shape index (κ1) is 15.6. The van der Waals surface area contributed by atoms with E-state index in [2.05, 4.69) is 0 Å². The Labute approximate surface area is 85.3 Å². The molecule has 0 aromatic rings. The monoisotopic (exact) mass is 220 g/mol. The van der Waals surface area contributed by atoms with Crippen molar-refractivity contribution in [1.82, 2.24) is 0 Å². The van der Waals surface area contributed by atoms with Crippen LogP contribution in [0.2, 0.25) is 0 Å². The second kappa shape index (κ2) is 8.70. The topological polar surface area (TPSA) is 132 Å². The highest BCUT2D eigenvalue weighted by atomic mass is 16.4. The molecule has 86 valence electrons. The Morgan fingerprint density at radius 2 is 1.40 bits per heavy atom. The molecule has 0 heterocycles. The first-order valence-corrected chi connectivity index (χ1v) is 3.79. The second-order valence-corrected chi connectivity index (χ2v) is 2.46. The number of aliphatic hydroxyl groups is 1. The summed E-state index contributed by atoms with van der Waals surface area (Å²) in [5.41, 5.74) is 0. The molecule has 0 aromatic carbocycles. The predicted octanol–water partition coefficient (Wildman–Crippen LogP) is -0.446. The Balaban J connectivity index is 0. The number of carboxylic acids is 3. The summed E-state index contributed by atoms with van der Waals surface area (Å²) >= 11 is 0. The molecule has 0 amide bonds. The number of rotatable bonds is 4. The molecule has 0 radical (unpaired) electrons. The molecule has 1 atom stereocenters. The standard InChI is InChI=1S/C4H4O4.C4H8O3/c5-3(6)1-2-4(7)8;1-3(5)2-4(6)7/h1-2H,(H,5,6)(H,7,8);3,5H,2H2,1H3,(H,6,7)/b2-1+;. The van der Waals surface area contributed by atoms with Crippen molar-refractivity contribution in [3.63, 3.8) is 0 Å². The van der Waals surface area contributed by atoms with Gasteiger partial charge in [-0.2, -0.15) is 0 Å². The lowest BCUT2D eigenvalue weighted by molar-refractivity contribution is -0.139. The molecule has 1 unspecified atom stereocenters. The van der Waals surface area contributed by atoms with E-state index < -0.39 is 24.0 Å². The molecular weight excluding hydrogens is 208 g/mol. The minimum atomic E-state index is -1.26. The molecule has 0 aliphatic heterocycles. The van der Waals surface area contributed by atoms with Gasteiger partial charge >= 0.3 is 17.9 Å². The van der Waals surface area contributed by atoms with E-state index in [0.29, 0.717) is 12.2 Å². The predicted molar refractivity (Wildman–Crippen MR) is 48.3 cm³/mol. The third-order valence-electron chi connectivity index (χ3n) is 0.839. The number of carbonyl (C=O) groups is 3. The number of carboxylic acid groups (broad SMARTS) is 3. The van der Waals surface area contributed by atoms with E-state index in [9.17, 15) is 14.4 Å². The van der Waals surface area contributed by atoms with Crippen molar-refractivity contribution in [3.8, 4) is 0 Å². The first-order valence-electron chi connectivity index (χ1n) is 3.79. The Morgan fingerprint density at radius 3 is 1.47 bits per heavy atom. The third kappa shape index (κ3) is 24.5. The maximum absolute atomic E-state index is 9.65. The molecular formula is C8H12O7. The van der Waals surface area contributed by atoms with E-state index in [1.54, 1.807) is 0 Å². The van der Waals surface area contributed by atoms with E-state index in [0.717, 1.165) is 0 Å². The van der Waals surface area contributed by atoms with Crippen LogP contribution in [-0.2, 0) is 14.4 Å². The zero-order valence-electron chi connectivity index (χ0n) is 7.95. The number of aliphatic carboxylic acids is 3. The van der Waals surface area contributed by atoms with Gasteiger partial charge in [0.2, 0.25) is 0 Å². The molecule has 0 fully saturated rings. The second-order valence-electron chi connectivity index (χ2n) is 2.46. The molecule has 0 saturated carbocycles. The summed E-state index contributed by atoms with van der Waals surface area (Å²) in [6.45, 7) is 1.44. The van der Waals surface area contributed by atoms with Crippen molar-refractivity contribution in [2.24, 2.45) is 0 Å². The van der Waals surface area contributed by atoms with Gasteiger partial charge in [-0.25, -0.2) is 9.59 Å². The van der Waals surface area contributed by atoms with Gasteiger partial charge in [0.05, 0.1) is 12.5 Å². The maximum Gasteiger partial charge on any atom is 0.328 e. The van der Waals surface area contributed by atoms with Crippen LogP contribution in [0.25, 0.3) is 0 Å². The van der Waals surface area contributed by atoms with Crippen LogP contribution in [0.1, 0.15) is 13.3 Å². The summed E-state index contributed by atoms with van der Waals surface area (Å²) in [7, 11) is 0. The number of hydrogen-bond acceptors (Lipinski definition) is 4. The molecule has 0 aliphatic rings. The minimum Gasteiger partial charge on any atom is -0.481 e. The van der Waals surface area contributed by atoms with Crippen LogP contribution in [0.5, 0.6) is 0 Å². The smallest absolute Gasteiger partial charge is 0.328 e. The molecule has 0 saturated heterocycles. The zero-order valence-corrected chi connectivity index (χ0v) is 7.95. The van der Waals surface area contributed by atoms with Gasteiger partial charge < -0.3 is 20.4 Å². The Morgan fingerprint density at radius 1 is 1.07 bits per heavy atom. The van der Waals surface area contributed by atoms with E-state index in [1.807, 2.05) is 0 Å². The summed E-state index contributed by atoms with van der Waals surface area (Å²) in [6.07, 6.45) is 0.225. The highest BCUT2D eigenvalue weighted by Crippen LogP contribution is 1.85. The summed E-state index contributed by atoms with van der Waals surface area (Å²) in [4.78, 5) is 28.8. The SMILES string of the molecule is CC(O)CC(=O)O.O=C(O)/C=C/C(=O)O. The lowest BCUT2D eigenvalue weighted by Gasteiger charge is -1.94. The van der Waals surface area contributed by atoms with Crippen molar-refractivity contribution < 1.29 is 34.8 Å². The van der Waals surface area contributed by atoms with Gasteiger partial charge in [-0.15, -0.1) is 0 Å². The highest BCUT2D eigenvalue weighted by Gasteiger charge is 2.00. The number of hydrogen-bond donors (Lipinski definition) is 4. The average molecular weight is 220 g/mol. The number of aliphatic hydroxyl groups excluding tert-OH is 1. The Hall–Kier alpha value is -1.89. The van der Waals surface area contributed by atoms with Gasteiger partial charge in [-0.05, 0) is 6.92 Å². The van der Waals surface area contributed by atoms with E-state index in [1.165, 1.54) is 6.92 Å². The fourth-order valence-corrected chi connectivity index (χ4v) is 0.395. The maximum atomic E-state index is 9.65. The van der Waals surface area contributed by atoms with Crippen LogP contribution in [0.15, 0.2) is 12.2 Å². The minimum absolute atomic E-state index is 0.167. The lowest BCUT2D eigenvalue weighted by Crippen LogP contribution is -2.07. The van der Waals surface area contributed by atoms with Crippen molar-refractivity contribution in [2.75, 3.05) is 0 Å². The van der Waals surface area contributed by atoms with E-state index in [4.69, 9.17) is 20.4 Å². The van der Waals surface area contributed by atoms with E-state index >= 15 is 0 Å². The van der Waals surface area contributed by atoms with Gasteiger partial charge in [0.25, 0.3) is 0 Å². The van der Waals surface area contributed by atoms with Gasteiger partial charge in [0.15, 0.2) is 0 Å². The fraction of sp³-hybridized carbons (Fsp3) is 0.375. The van der Waals surface area contributed by atoms with Gasteiger partial charge in [0.1, 0.15) is 0 Å². The summed E-state index contributed by atoms with van der Waals surface area (Å²) < 4.78 is 0. The molecule has 7 nitrogen and oxygen atoms in total. The lowest BCUT2D eigenvalue weighted by atomic mass is 10.3. The average Bonchev–Trinajstić information content (AvgIpc) is 1.99. The van der Waals surface area contributed by atoms with Crippen molar-refractivity contribution in [1.29, 1.82) is 0 Å². The molecule has 0 aromatic heterocycles. The van der Waals surface area contributed by atoms with Crippen molar-refractivity contribution in [3.05, 3.63) is 12.2 Å². The van der Waals surface area contributed by atoms with E-state index in [-0.39, 0.29) is 6.42 Å². The van der Waals surface area contributed by atoms with Gasteiger partial charge in [-0.1, -0.05) is 0 Å². The highest BCUT2D eigenvalue weighted by molar-refractivity contribution is 5.89. The molecule has 0 rings (SSSR count). The Kier molecular flexibility index (Phi) is 9.03. The summed E-state index contributed by atoms with van der Waals surface area (Å²) in [6, 6.07) is 0. The molecule has 0 spiro atoms. The van der Waals surface area contributed by atoms with Crippen LogP contribution >= 0.6 is 0 Å². The Bertz CT molecular complexity index is 238. The fourth-order valence-electron chi connectivity index (χ4n) is 0.395. The molecule has 15 heavy (non-hydrogen) atoms. The van der Waals surface area contributed by atoms with Crippen LogP contribution in [-0.4, -0.2) is 44.4 Å². The summed E-state index contributed by atoms with van der Waals surface area (Å²) in [5, 5.41) is 31.9. The molecule has 7 heteroatoms. The molecule has 0 aliphatic carbocycles. The van der Waals surface area contributed by atoms with Crippen molar-refractivity contribution >= 4 is 17.9 Å². The van der Waals surface area contributed by atoms with Gasteiger partial charge in [-0.3, -0.25) is 4.79 Å². The van der Waals surface area contributed by atoms with Crippen molar-refractivity contribution in [2.45, 2.75) is 19.4 Å². The van der Waals surface area contributed by atoms with Crippen LogP contribution in [0, 0.1) is 0 Å². The first-order chi connectivity index (χ1) is 6.75. The largest absolute Gasteiger partial charge is 0.481 e. The third-order valence-corrected chi connectivity index (χ3v) is 0.839. The molecule has 0 bridgehead atoms. The zero-order chi connectivity index (χ0) is 12.4. The van der Waals surface area contributed by atoms with Crippen LogP contribution in [0.3, 0.4) is 0 Å². The molecule has 4 N–H and O–H groups in total. The van der Waals surface area contributed by atoms with Crippen LogP contribution in [0.4, 0.5) is 0 Å². The van der Waals surface area contributed by atoms with Gasteiger partial charge in [0, 0.05) is 12.2 Å². The van der Waals surface area contributed by atoms with Crippen LogP contribution < -0.4 is 0 Å². The summed E-state index contributed by atoms with van der Waals surface area (Å²) in [5.74, 6) is -3.48.